The van der Waals surface area contributed by atoms with E-state index in [1.165, 1.54) is 29.2 Å². The van der Waals surface area contributed by atoms with Gasteiger partial charge < -0.3 is 4.74 Å². The molecule has 0 saturated heterocycles. The number of carbonyl (C=O) groups is 2. The first kappa shape index (κ1) is 16.0. The zero-order valence-electron chi connectivity index (χ0n) is 13.0. The van der Waals surface area contributed by atoms with Crippen LogP contribution in [0.4, 0.5) is 10.1 Å². The Kier molecular flexibility index (Phi) is 3.92. The van der Waals surface area contributed by atoms with Crippen LogP contribution in [0.1, 0.15) is 17.9 Å². The molecule has 2 aromatic carbocycles. The fraction of sp³-hybridized carbons (Fsp3) is 0.158. The monoisotopic (exact) mass is 401 g/mol. The van der Waals surface area contributed by atoms with Crippen molar-refractivity contribution in [1.29, 1.82) is 0 Å². The number of nitrogens with zero attached hydrogens (tertiary/aromatic N) is 1. The number of esters is 1. The molecule has 0 spiro atoms. The Hall–Kier alpha value is -2.47. The Balaban J connectivity index is 1.83. The molecule has 25 heavy (non-hydrogen) atoms. The maximum Gasteiger partial charge on any atom is 0.336 e. The second-order valence-corrected chi connectivity index (χ2v) is 6.87. The number of rotatable bonds is 2. The molecule has 6 heteroatoms. The molecule has 0 N–H and O–H groups in total. The molecule has 2 aliphatic heterocycles. The number of amides is 1. The average molecular weight is 402 g/mol. The van der Waals surface area contributed by atoms with Crippen LogP contribution in [0.25, 0.3) is 0 Å². The summed E-state index contributed by atoms with van der Waals surface area (Å²) in [5.74, 6) is -1.27. The van der Waals surface area contributed by atoms with Gasteiger partial charge in [-0.2, -0.15) is 0 Å². The number of hydrogen-bond acceptors (Lipinski definition) is 3. The van der Waals surface area contributed by atoms with Gasteiger partial charge in [0.05, 0.1) is 11.3 Å². The molecule has 2 aromatic rings. The topological polar surface area (TPSA) is 46.6 Å². The normalized spacial score (nSPS) is 19.9. The van der Waals surface area contributed by atoms with E-state index < -0.39 is 5.97 Å². The van der Waals surface area contributed by atoms with E-state index in [9.17, 15) is 14.0 Å². The Morgan fingerprint density at radius 2 is 1.88 bits per heavy atom. The van der Waals surface area contributed by atoms with E-state index in [0.717, 1.165) is 10.0 Å². The molecule has 126 valence electrons. The summed E-state index contributed by atoms with van der Waals surface area (Å²) < 4.78 is 19.3. The quantitative estimate of drug-likeness (QED) is 0.716. The number of benzene rings is 2. The first-order valence-corrected chi connectivity index (χ1v) is 8.58. The molecular formula is C19H13BrFNO3. The van der Waals surface area contributed by atoms with Gasteiger partial charge in [0.15, 0.2) is 0 Å². The molecule has 0 radical (unpaired) electrons. The minimum atomic E-state index is -0.403. The smallest absolute Gasteiger partial charge is 0.336 e. The summed E-state index contributed by atoms with van der Waals surface area (Å²) in [6.07, 6.45) is 0.155. The number of halogens is 2. The van der Waals surface area contributed by atoms with Crippen LogP contribution in [0, 0.1) is 5.82 Å². The van der Waals surface area contributed by atoms with Crippen molar-refractivity contribution < 1.29 is 18.7 Å². The lowest BCUT2D eigenvalue weighted by atomic mass is 9.84. The van der Waals surface area contributed by atoms with Gasteiger partial charge in [0.1, 0.15) is 12.4 Å². The molecule has 0 aliphatic carbocycles. The van der Waals surface area contributed by atoms with Crippen molar-refractivity contribution >= 4 is 33.5 Å². The van der Waals surface area contributed by atoms with Gasteiger partial charge in [-0.3, -0.25) is 9.69 Å². The number of cyclic esters (lactones) is 1. The predicted octanol–water partition coefficient (Wildman–Crippen LogP) is 3.92. The molecule has 2 heterocycles. The molecule has 2 aliphatic rings. The van der Waals surface area contributed by atoms with Crippen molar-refractivity contribution in [2.24, 2.45) is 0 Å². The summed E-state index contributed by atoms with van der Waals surface area (Å²) in [5.41, 5.74) is 2.46. The second-order valence-electron chi connectivity index (χ2n) is 5.95. The fourth-order valence-corrected chi connectivity index (χ4v) is 3.77. The summed E-state index contributed by atoms with van der Waals surface area (Å²) in [4.78, 5) is 26.6. The van der Waals surface area contributed by atoms with Gasteiger partial charge in [-0.25, -0.2) is 9.18 Å². The number of hydrogen-bond donors (Lipinski definition) is 0. The third kappa shape index (κ3) is 2.76. The fourth-order valence-electron chi connectivity index (χ4n) is 3.35. The van der Waals surface area contributed by atoms with Gasteiger partial charge in [0.25, 0.3) is 0 Å². The lowest BCUT2D eigenvalue weighted by Crippen LogP contribution is -2.37. The first-order chi connectivity index (χ1) is 12.0. The van der Waals surface area contributed by atoms with E-state index in [1.54, 1.807) is 0 Å². The van der Waals surface area contributed by atoms with Crippen LogP contribution in [-0.4, -0.2) is 18.5 Å². The molecule has 0 unspecified atom stereocenters. The zero-order valence-corrected chi connectivity index (χ0v) is 14.6. The van der Waals surface area contributed by atoms with Crippen molar-refractivity contribution in [3.05, 3.63) is 75.7 Å². The Morgan fingerprint density at radius 1 is 1.12 bits per heavy atom. The predicted molar refractivity (Wildman–Crippen MR) is 93.4 cm³/mol. The van der Waals surface area contributed by atoms with Gasteiger partial charge in [-0.1, -0.05) is 28.1 Å². The molecule has 0 aromatic heterocycles. The van der Waals surface area contributed by atoms with E-state index in [1.807, 2.05) is 24.3 Å². The van der Waals surface area contributed by atoms with Crippen LogP contribution in [0.5, 0.6) is 0 Å². The van der Waals surface area contributed by atoms with Gasteiger partial charge in [0, 0.05) is 22.5 Å². The summed E-state index contributed by atoms with van der Waals surface area (Å²) in [6.45, 7) is 0.0434. The van der Waals surface area contributed by atoms with Crippen LogP contribution in [0.3, 0.4) is 0 Å². The Labute approximate surface area is 152 Å². The third-order valence-electron chi connectivity index (χ3n) is 4.45. The highest BCUT2D eigenvalue weighted by Gasteiger charge is 2.42. The molecule has 0 fully saturated rings. The number of carbonyl (C=O) groups excluding carboxylic acids is 2. The summed E-state index contributed by atoms with van der Waals surface area (Å²) in [5, 5.41) is 0. The van der Waals surface area contributed by atoms with Gasteiger partial charge in [0.2, 0.25) is 5.91 Å². The molecule has 1 amide bonds. The Bertz CT molecular complexity index is 907. The van der Waals surface area contributed by atoms with Gasteiger partial charge in [-0.05, 0) is 42.0 Å². The maximum atomic E-state index is 13.2. The molecule has 0 saturated carbocycles. The van der Waals surface area contributed by atoms with Gasteiger partial charge >= 0.3 is 5.97 Å². The zero-order chi connectivity index (χ0) is 17.6. The Morgan fingerprint density at radius 3 is 2.60 bits per heavy atom. The molecule has 4 rings (SSSR count). The van der Waals surface area contributed by atoms with E-state index in [-0.39, 0.29) is 30.7 Å². The highest BCUT2D eigenvalue weighted by atomic mass is 79.9. The molecule has 1 atom stereocenters. The lowest BCUT2D eigenvalue weighted by Gasteiger charge is -2.31. The first-order valence-electron chi connectivity index (χ1n) is 7.79. The largest absolute Gasteiger partial charge is 0.456 e. The summed E-state index contributed by atoms with van der Waals surface area (Å²) in [7, 11) is 0. The van der Waals surface area contributed by atoms with Crippen LogP contribution < -0.4 is 4.90 Å². The van der Waals surface area contributed by atoms with Crippen LogP contribution in [0.15, 0.2) is 64.3 Å². The highest BCUT2D eigenvalue weighted by molar-refractivity contribution is 9.10. The van der Waals surface area contributed by atoms with E-state index in [0.29, 0.717) is 17.0 Å². The van der Waals surface area contributed by atoms with Gasteiger partial charge in [-0.15, -0.1) is 0 Å². The highest BCUT2D eigenvalue weighted by Crippen LogP contribution is 2.42. The SMILES string of the molecule is O=C1OCC2=C1[C@@H](c1cccc(Br)c1)CC(=O)N2c1ccc(F)cc1. The van der Waals surface area contributed by atoms with Crippen LogP contribution in [0.2, 0.25) is 0 Å². The van der Waals surface area contributed by atoms with Crippen molar-refractivity contribution in [1.82, 2.24) is 0 Å². The minimum Gasteiger partial charge on any atom is -0.456 e. The van der Waals surface area contributed by atoms with Crippen molar-refractivity contribution in [3.63, 3.8) is 0 Å². The standard InChI is InChI=1S/C19H13BrFNO3/c20-12-3-1-2-11(8-12)15-9-17(23)22(14-6-4-13(21)5-7-14)16-10-25-19(24)18(15)16/h1-8,15H,9-10H2/t15-/m1/s1. The third-order valence-corrected chi connectivity index (χ3v) is 4.95. The minimum absolute atomic E-state index is 0.0434. The molecule has 0 bridgehead atoms. The average Bonchev–Trinajstić information content (AvgIpc) is 2.97. The van der Waals surface area contributed by atoms with Crippen LogP contribution >= 0.6 is 15.9 Å². The number of ether oxygens (including phenoxy) is 1. The second kappa shape index (κ2) is 6.11. The molecule has 4 nitrogen and oxygen atoms in total. The summed E-state index contributed by atoms with van der Waals surface area (Å²) >= 11 is 3.42. The van der Waals surface area contributed by atoms with Crippen molar-refractivity contribution in [2.75, 3.05) is 11.5 Å². The van der Waals surface area contributed by atoms with E-state index >= 15 is 0 Å². The summed E-state index contributed by atoms with van der Waals surface area (Å²) in [6, 6.07) is 13.2. The molecular weight excluding hydrogens is 389 g/mol. The van der Waals surface area contributed by atoms with Crippen LogP contribution in [-0.2, 0) is 14.3 Å². The van der Waals surface area contributed by atoms with E-state index in [4.69, 9.17) is 4.74 Å². The lowest BCUT2D eigenvalue weighted by molar-refractivity contribution is -0.136. The van der Waals surface area contributed by atoms with E-state index in [2.05, 4.69) is 15.9 Å². The van der Waals surface area contributed by atoms with Crippen molar-refractivity contribution in [2.45, 2.75) is 12.3 Å². The number of anilines is 1. The maximum absolute atomic E-state index is 13.2. The van der Waals surface area contributed by atoms with Crippen molar-refractivity contribution in [3.8, 4) is 0 Å².